The summed E-state index contributed by atoms with van der Waals surface area (Å²) < 4.78 is 49.4. The van der Waals surface area contributed by atoms with Crippen molar-refractivity contribution in [3.63, 3.8) is 0 Å². The van der Waals surface area contributed by atoms with Gasteiger partial charge in [-0.25, -0.2) is 4.39 Å². The van der Waals surface area contributed by atoms with E-state index >= 15 is 0 Å². The van der Waals surface area contributed by atoms with Crippen molar-refractivity contribution in [3.05, 3.63) is 29.3 Å². The van der Waals surface area contributed by atoms with Crippen LogP contribution < -0.4 is 10.6 Å². The van der Waals surface area contributed by atoms with Gasteiger partial charge >= 0.3 is 0 Å². The Morgan fingerprint density at radius 2 is 1.24 bits per heavy atom. The molecular formula is C33H48FN3O12. The normalized spacial score (nSPS) is 15.9. The average Bonchev–Trinajstić information content (AvgIpc) is 3.34. The van der Waals surface area contributed by atoms with Crippen molar-refractivity contribution in [1.82, 2.24) is 10.2 Å². The fraction of sp³-hybridized carbons (Fsp3) is 0.667. The summed E-state index contributed by atoms with van der Waals surface area (Å²) in [6, 6.07) is 3.52. The Labute approximate surface area is 285 Å². The summed E-state index contributed by atoms with van der Waals surface area (Å²) in [7, 11) is 0. The zero-order valence-electron chi connectivity index (χ0n) is 27.9. The summed E-state index contributed by atoms with van der Waals surface area (Å²) in [4.78, 5) is 63.4. The van der Waals surface area contributed by atoms with Crippen LogP contribution in [-0.2, 0) is 47.5 Å². The van der Waals surface area contributed by atoms with Gasteiger partial charge in [0.25, 0.3) is 11.8 Å². The lowest BCUT2D eigenvalue weighted by molar-refractivity contribution is -0.136. The van der Waals surface area contributed by atoms with Crippen LogP contribution in [0.25, 0.3) is 0 Å². The van der Waals surface area contributed by atoms with Crippen molar-refractivity contribution in [2.24, 2.45) is 0 Å². The predicted molar refractivity (Wildman–Crippen MR) is 172 cm³/mol. The van der Waals surface area contributed by atoms with Gasteiger partial charge in [0.05, 0.1) is 103 Å². The minimum absolute atomic E-state index is 0.0280. The number of fused-ring (bicyclic) bond motifs is 1. The van der Waals surface area contributed by atoms with Gasteiger partial charge in [-0.1, -0.05) is 12.5 Å². The number of anilines is 1. The summed E-state index contributed by atoms with van der Waals surface area (Å²) in [6.07, 6.45) is 2.45. The minimum Gasteiger partial charge on any atom is -0.379 e. The fourth-order valence-electron chi connectivity index (χ4n) is 4.97. The van der Waals surface area contributed by atoms with E-state index in [0.29, 0.717) is 92.3 Å². The number of amides is 5. The van der Waals surface area contributed by atoms with E-state index in [1.807, 2.05) is 0 Å². The lowest BCUT2D eigenvalue weighted by atomic mass is 10.0. The highest BCUT2D eigenvalue weighted by molar-refractivity contribution is 6.26. The molecule has 15 nitrogen and oxygen atoms in total. The molecule has 0 saturated carbocycles. The lowest BCUT2D eigenvalue weighted by Crippen LogP contribution is -2.54. The Morgan fingerprint density at radius 1 is 0.714 bits per heavy atom. The van der Waals surface area contributed by atoms with Crippen LogP contribution in [0.15, 0.2) is 18.2 Å². The first kappa shape index (κ1) is 40.1. The first-order valence-electron chi connectivity index (χ1n) is 16.7. The number of nitrogens with one attached hydrogen (secondary N) is 2. The van der Waals surface area contributed by atoms with Crippen LogP contribution in [-0.4, -0.2) is 140 Å². The summed E-state index contributed by atoms with van der Waals surface area (Å²) in [6.45, 7) is 5.42. The number of hydrogen-bond acceptors (Lipinski definition) is 12. The molecular weight excluding hydrogens is 649 g/mol. The second kappa shape index (κ2) is 23.9. The summed E-state index contributed by atoms with van der Waals surface area (Å²) in [5.41, 5.74) is 0.377. The van der Waals surface area contributed by atoms with Gasteiger partial charge in [-0.15, -0.1) is 0 Å². The molecule has 1 aromatic rings. The van der Waals surface area contributed by atoms with Crippen LogP contribution in [0.2, 0.25) is 0 Å². The molecule has 3 rings (SSSR count). The number of hydrogen-bond donors (Lipinski definition) is 2. The molecule has 1 fully saturated rings. The third-order valence-electron chi connectivity index (χ3n) is 7.39. The van der Waals surface area contributed by atoms with E-state index in [2.05, 4.69) is 10.6 Å². The number of ether oxygens (including phenoxy) is 7. The summed E-state index contributed by atoms with van der Waals surface area (Å²) in [5.74, 6) is -2.72. The third kappa shape index (κ3) is 14.6. The standard InChI is InChI=1S/C33H48FN3O12/c34-10-12-44-14-16-46-18-20-48-22-24-49-23-21-47-19-17-45-15-13-43-11-3-1-2-7-28(38)35-26-6-4-5-25-30(26)33(42)37(32(25)41)27-8-9-29(39)36-31(27)40/h4-6,27H,1-3,7-24H2,(H,35,38)(H,36,39,40). The van der Waals surface area contributed by atoms with Gasteiger partial charge in [0.15, 0.2) is 0 Å². The molecule has 0 aromatic heterocycles. The highest BCUT2D eigenvalue weighted by Crippen LogP contribution is 2.32. The highest BCUT2D eigenvalue weighted by atomic mass is 19.1. The second-order valence-corrected chi connectivity index (χ2v) is 11.0. The SMILES string of the molecule is O=C1CCC(N2C(=O)c3cccc(NC(=O)CCCCCOCCOCCOCCOCCOCCOCCOCCF)c3C2=O)C(=O)N1. The predicted octanol–water partition coefficient (Wildman–Crippen LogP) is 1.67. The van der Waals surface area contributed by atoms with Gasteiger partial charge in [-0.3, -0.25) is 34.2 Å². The largest absolute Gasteiger partial charge is 0.379 e. The maximum atomic E-state index is 13.2. The van der Waals surface area contributed by atoms with Crippen molar-refractivity contribution in [1.29, 1.82) is 0 Å². The number of piperidine rings is 1. The van der Waals surface area contributed by atoms with E-state index < -0.39 is 36.3 Å². The maximum Gasteiger partial charge on any atom is 0.264 e. The second-order valence-electron chi connectivity index (χ2n) is 11.0. The number of unbranched alkanes of at least 4 members (excludes halogenated alkanes) is 2. The van der Waals surface area contributed by atoms with Crippen LogP contribution in [0.5, 0.6) is 0 Å². The van der Waals surface area contributed by atoms with Gasteiger partial charge in [-0.2, -0.15) is 0 Å². The Balaban J connectivity index is 1.11. The number of rotatable bonds is 28. The molecule has 2 heterocycles. The summed E-state index contributed by atoms with van der Waals surface area (Å²) >= 11 is 0. The van der Waals surface area contributed by atoms with Gasteiger partial charge in [0.2, 0.25) is 17.7 Å². The smallest absolute Gasteiger partial charge is 0.264 e. The molecule has 0 bridgehead atoms. The molecule has 1 saturated heterocycles. The minimum atomic E-state index is -1.07. The zero-order chi connectivity index (χ0) is 35.1. The van der Waals surface area contributed by atoms with Crippen molar-refractivity contribution in [2.45, 2.75) is 44.6 Å². The van der Waals surface area contributed by atoms with Crippen LogP contribution in [0.4, 0.5) is 10.1 Å². The van der Waals surface area contributed by atoms with Crippen molar-refractivity contribution < 1.29 is 61.5 Å². The maximum absolute atomic E-state index is 13.2. The third-order valence-corrected chi connectivity index (χ3v) is 7.39. The quantitative estimate of drug-likeness (QED) is 0.0958. The molecule has 1 atom stereocenters. The first-order valence-corrected chi connectivity index (χ1v) is 16.7. The van der Waals surface area contributed by atoms with Gasteiger partial charge in [-0.05, 0) is 31.4 Å². The van der Waals surface area contributed by atoms with E-state index in [4.69, 9.17) is 33.2 Å². The Hall–Kier alpha value is -3.38. The van der Waals surface area contributed by atoms with E-state index in [9.17, 15) is 28.4 Å². The van der Waals surface area contributed by atoms with Gasteiger partial charge in [0.1, 0.15) is 12.7 Å². The number of carbonyl (C=O) groups excluding carboxylic acids is 5. The Morgan fingerprint density at radius 3 is 1.78 bits per heavy atom. The van der Waals surface area contributed by atoms with Gasteiger partial charge < -0.3 is 38.5 Å². The first-order chi connectivity index (χ1) is 23.9. The Kier molecular flexibility index (Phi) is 19.5. The van der Waals surface area contributed by atoms with Crippen molar-refractivity contribution >= 4 is 35.2 Å². The van der Waals surface area contributed by atoms with E-state index in [1.54, 1.807) is 12.1 Å². The molecule has 16 heteroatoms. The molecule has 0 aliphatic carbocycles. The van der Waals surface area contributed by atoms with E-state index in [1.165, 1.54) is 6.07 Å². The number of imide groups is 2. The number of carbonyl (C=O) groups is 5. The van der Waals surface area contributed by atoms with Crippen LogP contribution >= 0.6 is 0 Å². The molecule has 2 aliphatic heterocycles. The Bertz CT molecular complexity index is 1200. The molecule has 1 aromatic carbocycles. The van der Waals surface area contributed by atoms with Crippen LogP contribution in [0.3, 0.4) is 0 Å². The molecule has 0 radical (unpaired) electrons. The average molecular weight is 698 g/mol. The van der Waals surface area contributed by atoms with E-state index in [-0.39, 0.29) is 48.6 Å². The number of halogens is 1. The number of benzene rings is 1. The fourth-order valence-corrected chi connectivity index (χ4v) is 4.97. The monoisotopic (exact) mass is 697 g/mol. The van der Waals surface area contributed by atoms with Crippen molar-refractivity contribution in [2.75, 3.05) is 104 Å². The zero-order valence-corrected chi connectivity index (χ0v) is 27.9. The summed E-state index contributed by atoms with van der Waals surface area (Å²) in [5, 5.41) is 4.89. The number of nitrogens with zero attached hydrogens (tertiary/aromatic N) is 1. The molecule has 1 unspecified atom stereocenters. The molecule has 49 heavy (non-hydrogen) atoms. The van der Waals surface area contributed by atoms with Crippen molar-refractivity contribution in [3.8, 4) is 0 Å². The topological polar surface area (TPSA) is 177 Å². The molecule has 0 spiro atoms. The molecule has 274 valence electrons. The molecule has 5 amide bonds. The van der Waals surface area contributed by atoms with E-state index in [0.717, 1.165) is 17.7 Å². The molecule has 2 aliphatic rings. The lowest BCUT2D eigenvalue weighted by Gasteiger charge is -2.27. The van der Waals surface area contributed by atoms with Crippen LogP contribution in [0.1, 0.15) is 59.2 Å². The van der Waals surface area contributed by atoms with Gasteiger partial charge in [0, 0.05) is 19.4 Å². The molecule has 2 N–H and O–H groups in total. The number of alkyl halides is 1. The highest BCUT2D eigenvalue weighted by Gasteiger charge is 2.45. The van der Waals surface area contributed by atoms with Crippen LogP contribution in [0, 0.1) is 0 Å².